The second-order valence-corrected chi connectivity index (χ2v) is 7.07. The van der Waals surface area contributed by atoms with Crippen LogP contribution >= 0.6 is 11.6 Å². The first-order valence-electron chi connectivity index (χ1n) is 9.29. The second kappa shape index (κ2) is 7.79. The Bertz CT molecular complexity index is 1050. The summed E-state index contributed by atoms with van der Waals surface area (Å²) in [5, 5.41) is 6.18. The van der Waals surface area contributed by atoms with Crippen LogP contribution < -0.4 is 14.6 Å². The quantitative estimate of drug-likeness (QED) is 0.538. The maximum Gasteiger partial charge on any atom is 0.355 e. The Hall–Kier alpha value is -3.39. The van der Waals surface area contributed by atoms with Gasteiger partial charge in [0.05, 0.1) is 25.1 Å². The number of imide groups is 1. The van der Waals surface area contributed by atoms with Crippen molar-refractivity contribution in [2.75, 3.05) is 23.6 Å². The molecule has 0 bridgehead atoms. The zero-order valence-corrected chi connectivity index (χ0v) is 17.0. The molecule has 9 heteroatoms. The van der Waals surface area contributed by atoms with Gasteiger partial charge in [-0.2, -0.15) is 5.10 Å². The van der Waals surface area contributed by atoms with E-state index in [4.69, 9.17) is 21.1 Å². The average Bonchev–Trinajstić information content (AvgIpc) is 3.26. The summed E-state index contributed by atoms with van der Waals surface area (Å²) in [5.74, 6) is -2.51. The van der Waals surface area contributed by atoms with E-state index in [1.165, 1.54) is 12.1 Å². The van der Waals surface area contributed by atoms with Crippen molar-refractivity contribution in [2.24, 2.45) is 11.0 Å². The molecule has 0 saturated carbocycles. The SMILES string of the molecule is CCOC(=O)C1=NN(c2ccc(Cl)cc2)[C@H]2C(=O)N(c3ccccc3OC)C(=O)[C@@H]12. The van der Waals surface area contributed by atoms with Crippen LogP contribution in [-0.2, 0) is 19.1 Å². The minimum absolute atomic E-state index is 0.104. The van der Waals surface area contributed by atoms with Crippen LogP contribution in [0.4, 0.5) is 11.4 Å². The van der Waals surface area contributed by atoms with Gasteiger partial charge < -0.3 is 9.47 Å². The third-order valence-electron chi connectivity index (χ3n) is 4.95. The van der Waals surface area contributed by atoms with Gasteiger partial charge in [0.1, 0.15) is 17.7 Å². The first-order chi connectivity index (χ1) is 14.5. The van der Waals surface area contributed by atoms with E-state index in [0.29, 0.717) is 22.1 Å². The van der Waals surface area contributed by atoms with E-state index in [1.807, 2.05) is 0 Å². The Kier molecular flexibility index (Phi) is 5.17. The predicted molar refractivity (Wildman–Crippen MR) is 111 cm³/mol. The van der Waals surface area contributed by atoms with Gasteiger partial charge in [0, 0.05) is 5.02 Å². The number of benzene rings is 2. The van der Waals surface area contributed by atoms with E-state index < -0.39 is 29.7 Å². The molecule has 0 spiro atoms. The molecule has 2 aliphatic rings. The van der Waals surface area contributed by atoms with Gasteiger partial charge in [-0.3, -0.25) is 14.6 Å². The second-order valence-electron chi connectivity index (χ2n) is 6.63. The highest BCUT2D eigenvalue weighted by molar-refractivity contribution is 6.47. The first kappa shape index (κ1) is 19.9. The van der Waals surface area contributed by atoms with Crippen LogP contribution in [0.1, 0.15) is 6.92 Å². The maximum absolute atomic E-state index is 13.4. The standard InChI is InChI=1S/C21H18ClN3O5/c1-3-30-21(28)17-16-18(25(23-17)13-10-8-12(22)9-11-13)20(27)24(19(16)26)14-6-4-5-7-15(14)29-2/h4-11,16,18H,3H2,1-2H3/t16-,18+/m0/s1. The van der Waals surface area contributed by atoms with Crippen LogP contribution in [0.5, 0.6) is 5.75 Å². The van der Waals surface area contributed by atoms with E-state index in [-0.39, 0.29) is 12.3 Å². The van der Waals surface area contributed by atoms with Gasteiger partial charge >= 0.3 is 5.97 Å². The van der Waals surface area contributed by atoms with Gasteiger partial charge in [0.25, 0.3) is 5.91 Å². The number of ether oxygens (including phenoxy) is 2. The molecular formula is C21H18ClN3O5. The number of hydrogen-bond acceptors (Lipinski definition) is 7. The normalized spacial score (nSPS) is 20.3. The van der Waals surface area contributed by atoms with Crippen molar-refractivity contribution in [1.29, 1.82) is 0 Å². The van der Waals surface area contributed by atoms with Crippen molar-refractivity contribution in [3.63, 3.8) is 0 Å². The number of carbonyl (C=O) groups is 3. The molecule has 0 N–H and O–H groups in total. The summed E-state index contributed by atoms with van der Waals surface area (Å²) in [4.78, 5) is 40.3. The summed E-state index contributed by atoms with van der Waals surface area (Å²) in [6.45, 7) is 1.78. The van der Waals surface area contributed by atoms with Gasteiger partial charge in [0.15, 0.2) is 5.71 Å². The summed E-state index contributed by atoms with van der Waals surface area (Å²) >= 11 is 5.97. The number of esters is 1. The number of hydrazone groups is 1. The smallest absolute Gasteiger partial charge is 0.355 e. The lowest BCUT2D eigenvalue weighted by atomic mass is 9.98. The molecule has 0 radical (unpaired) electrons. The summed E-state index contributed by atoms with van der Waals surface area (Å²) in [7, 11) is 1.45. The molecule has 4 rings (SSSR count). The summed E-state index contributed by atoms with van der Waals surface area (Å²) in [6, 6.07) is 12.3. The van der Waals surface area contributed by atoms with Crippen molar-refractivity contribution >= 4 is 46.5 Å². The highest BCUT2D eigenvalue weighted by Crippen LogP contribution is 2.40. The lowest BCUT2D eigenvalue weighted by Crippen LogP contribution is -2.39. The molecule has 0 unspecified atom stereocenters. The maximum atomic E-state index is 13.4. The fourth-order valence-electron chi connectivity index (χ4n) is 3.65. The molecule has 2 atom stereocenters. The molecule has 2 heterocycles. The average molecular weight is 428 g/mol. The van der Waals surface area contributed by atoms with Crippen molar-refractivity contribution < 1.29 is 23.9 Å². The van der Waals surface area contributed by atoms with Crippen LogP contribution in [0, 0.1) is 5.92 Å². The number of halogens is 1. The first-order valence-corrected chi connectivity index (χ1v) is 9.67. The van der Waals surface area contributed by atoms with Gasteiger partial charge in [-0.25, -0.2) is 9.69 Å². The van der Waals surface area contributed by atoms with Crippen LogP contribution in [-0.4, -0.2) is 43.3 Å². The van der Waals surface area contributed by atoms with Gasteiger partial charge in [-0.15, -0.1) is 0 Å². The number of hydrogen-bond donors (Lipinski definition) is 0. The molecule has 2 aromatic carbocycles. The Morgan fingerprint density at radius 3 is 2.47 bits per heavy atom. The number of anilines is 2. The highest BCUT2D eigenvalue weighted by atomic mass is 35.5. The van der Waals surface area contributed by atoms with E-state index in [2.05, 4.69) is 5.10 Å². The minimum Gasteiger partial charge on any atom is -0.495 e. The molecule has 30 heavy (non-hydrogen) atoms. The Morgan fingerprint density at radius 2 is 1.80 bits per heavy atom. The van der Waals surface area contributed by atoms with Crippen LogP contribution in [0.15, 0.2) is 53.6 Å². The fourth-order valence-corrected chi connectivity index (χ4v) is 3.77. The molecule has 8 nitrogen and oxygen atoms in total. The van der Waals surface area contributed by atoms with Crippen LogP contribution in [0.2, 0.25) is 5.02 Å². The highest BCUT2D eigenvalue weighted by Gasteiger charge is 2.59. The van der Waals surface area contributed by atoms with Crippen molar-refractivity contribution in [3.8, 4) is 5.75 Å². The molecule has 2 amide bonds. The van der Waals surface area contributed by atoms with E-state index in [0.717, 1.165) is 4.90 Å². The number of carbonyl (C=O) groups excluding carboxylic acids is 3. The third kappa shape index (κ3) is 3.09. The van der Waals surface area contributed by atoms with E-state index in [9.17, 15) is 14.4 Å². The molecule has 154 valence electrons. The Morgan fingerprint density at radius 1 is 1.10 bits per heavy atom. The summed E-state index contributed by atoms with van der Waals surface area (Å²) in [6.07, 6.45) is 0. The number of para-hydroxylation sites is 2. The number of rotatable bonds is 5. The van der Waals surface area contributed by atoms with Gasteiger partial charge in [-0.1, -0.05) is 23.7 Å². The number of amides is 2. The zero-order chi connectivity index (χ0) is 21.4. The summed E-state index contributed by atoms with van der Waals surface area (Å²) < 4.78 is 10.4. The monoisotopic (exact) mass is 427 g/mol. The van der Waals surface area contributed by atoms with Crippen molar-refractivity contribution in [2.45, 2.75) is 13.0 Å². The molecule has 1 saturated heterocycles. The minimum atomic E-state index is -1.09. The number of methoxy groups -OCH3 is 1. The lowest BCUT2D eigenvalue weighted by Gasteiger charge is -2.22. The molecule has 2 aliphatic heterocycles. The van der Waals surface area contributed by atoms with Gasteiger partial charge in [0.2, 0.25) is 5.91 Å². The summed E-state index contributed by atoms with van der Waals surface area (Å²) in [5.41, 5.74) is 0.730. The molecular weight excluding hydrogens is 410 g/mol. The number of nitrogens with zero attached hydrogens (tertiary/aromatic N) is 3. The van der Waals surface area contributed by atoms with E-state index >= 15 is 0 Å². The Labute approximate surface area is 177 Å². The molecule has 0 aromatic heterocycles. The molecule has 2 aromatic rings. The van der Waals surface area contributed by atoms with Crippen LogP contribution in [0.3, 0.4) is 0 Å². The fraction of sp³-hybridized carbons (Fsp3) is 0.238. The Balaban J connectivity index is 1.81. The predicted octanol–water partition coefficient (Wildman–Crippen LogP) is 2.65. The topological polar surface area (TPSA) is 88.5 Å². The van der Waals surface area contributed by atoms with Crippen molar-refractivity contribution in [1.82, 2.24) is 0 Å². The van der Waals surface area contributed by atoms with Gasteiger partial charge in [-0.05, 0) is 43.3 Å². The molecule has 1 fully saturated rings. The lowest BCUT2D eigenvalue weighted by molar-refractivity contribution is -0.136. The van der Waals surface area contributed by atoms with Crippen molar-refractivity contribution in [3.05, 3.63) is 53.6 Å². The number of fused-ring (bicyclic) bond motifs is 1. The third-order valence-corrected chi connectivity index (χ3v) is 5.20. The largest absolute Gasteiger partial charge is 0.495 e. The van der Waals surface area contributed by atoms with Crippen LogP contribution in [0.25, 0.3) is 0 Å². The molecule has 0 aliphatic carbocycles. The van der Waals surface area contributed by atoms with E-state index in [1.54, 1.807) is 55.5 Å². The zero-order valence-electron chi connectivity index (χ0n) is 16.2.